The van der Waals surface area contributed by atoms with Crippen LogP contribution < -0.4 is 10.9 Å². The molecule has 0 radical (unpaired) electrons. The van der Waals surface area contributed by atoms with Crippen molar-refractivity contribution in [2.24, 2.45) is 0 Å². The molecular weight excluding hydrogens is 102 g/mol. The molecule has 0 aromatic rings. The lowest BCUT2D eigenvalue weighted by atomic mass is 10.5. The van der Waals surface area contributed by atoms with Crippen LogP contribution in [0, 0.1) is 11.3 Å². The maximum Gasteiger partial charge on any atom is 0.0930 e. The number of hydrogen-bond donors (Lipinski definition) is 2. The highest BCUT2D eigenvalue weighted by Crippen LogP contribution is 1.78. The van der Waals surface area contributed by atoms with Crippen LogP contribution in [0.3, 0.4) is 0 Å². The maximum absolute atomic E-state index is 8.07. The summed E-state index contributed by atoms with van der Waals surface area (Å²) in [6, 6.07) is 1.89. The van der Waals surface area contributed by atoms with Crippen molar-refractivity contribution < 1.29 is 0 Å². The summed E-state index contributed by atoms with van der Waals surface area (Å²) in [5, 5.41) is 8.07. The summed E-state index contributed by atoms with van der Waals surface area (Å²) in [5.41, 5.74) is 6.23. The van der Waals surface area contributed by atoms with Crippen molar-refractivity contribution in [1.82, 2.24) is 10.9 Å². The lowest BCUT2D eigenvalue weighted by molar-refractivity contribution is 0.690. The second-order valence-electron chi connectivity index (χ2n) is 1.33. The number of hydrazine groups is 1. The largest absolute Gasteiger partial charge is 0.325 e. The van der Waals surface area contributed by atoms with Crippen molar-refractivity contribution in [3.63, 3.8) is 0 Å². The third kappa shape index (κ3) is 3.19. The predicted molar refractivity (Wildman–Crippen MR) is 31.6 cm³/mol. The molecule has 0 aliphatic rings. The maximum atomic E-state index is 8.07. The fourth-order valence-corrected chi connectivity index (χ4v) is 0.330. The molecule has 0 atom stereocenters. The van der Waals surface area contributed by atoms with Gasteiger partial charge in [0, 0.05) is 18.8 Å². The van der Waals surface area contributed by atoms with Crippen molar-refractivity contribution in [2.45, 2.75) is 6.92 Å². The Labute approximate surface area is 49.0 Å². The number of nitriles is 1. The van der Waals surface area contributed by atoms with Gasteiger partial charge in [-0.05, 0) is 6.92 Å². The molecule has 0 rings (SSSR count). The lowest BCUT2D eigenvalue weighted by Crippen LogP contribution is -2.24. The van der Waals surface area contributed by atoms with E-state index in [9.17, 15) is 0 Å². The normalized spacial score (nSPS) is 10.4. The van der Waals surface area contributed by atoms with Gasteiger partial charge in [-0.15, -0.1) is 0 Å². The summed E-state index contributed by atoms with van der Waals surface area (Å²) in [7, 11) is 1.74. The van der Waals surface area contributed by atoms with Crippen LogP contribution in [0.5, 0.6) is 0 Å². The van der Waals surface area contributed by atoms with E-state index in [2.05, 4.69) is 10.9 Å². The van der Waals surface area contributed by atoms with E-state index in [1.807, 2.05) is 6.07 Å². The summed E-state index contributed by atoms with van der Waals surface area (Å²) in [6.07, 6.45) is 1.43. The SMILES string of the molecule is CNN/C(C)=C/C#N. The molecule has 0 amide bonds. The predicted octanol–water partition coefficient (Wildman–Crippen LogP) is 0.138. The Balaban J connectivity index is 3.49. The van der Waals surface area contributed by atoms with Gasteiger partial charge in [0.05, 0.1) is 6.07 Å². The highest BCUT2D eigenvalue weighted by atomic mass is 15.3. The molecule has 44 valence electrons. The van der Waals surface area contributed by atoms with Gasteiger partial charge in [0.15, 0.2) is 0 Å². The standard InChI is InChI=1S/C5H9N3/c1-5(3-4-6)8-7-2/h3,7-8H,1-2H3/b5-3+. The molecule has 3 heteroatoms. The summed E-state index contributed by atoms with van der Waals surface area (Å²) in [5.74, 6) is 0. The summed E-state index contributed by atoms with van der Waals surface area (Å²) in [6.45, 7) is 1.81. The molecule has 2 N–H and O–H groups in total. The molecule has 0 aliphatic carbocycles. The van der Waals surface area contributed by atoms with Crippen LogP contribution in [0.1, 0.15) is 6.92 Å². The summed E-state index contributed by atoms with van der Waals surface area (Å²) >= 11 is 0. The monoisotopic (exact) mass is 111 g/mol. The zero-order valence-corrected chi connectivity index (χ0v) is 5.02. The first-order valence-electron chi connectivity index (χ1n) is 2.30. The second-order valence-corrected chi connectivity index (χ2v) is 1.33. The lowest BCUT2D eigenvalue weighted by Gasteiger charge is -1.98. The number of nitrogens with one attached hydrogen (secondary N) is 2. The average molecular weight is 111 g/mol. The van der Waals surface area contributed by atoms with Crippen molar-refractivity contribution in [3.05, 3.63) is 11.8 Å². The highest BCUT2D eigenvalue weighted by Gasteiger charge is 1.77. The Morgan fingerprint density at radius 2 is 2.38 bits per heavy atom. The van der Waals surface area contributed by atoms with Gasteiger partial charge in [-0.1, -0.05) is 0 Å². The Hall–Kier alpha value is -1.01. The topological polar surface area (TPSA) is 47.8 Å². The van der Waals surface area contributed by atoms with Crippen LogP contribution in [-0.4, -0.2) is 7.05 Å². The van der Waals surface area contributed by atoms with Gasteiger partial charge in [0.2, 0.25) is 0 Å². The number of nitrogens with zero attached hydrogens (tertiary/aromatic N) is 1. The zero-order valence-electron chi connectivity index (χ0n) is 5.02. The van der Waals surface area contributed by atoms with Crippen LogP contribution >= 0.6 is 0 Å². The van der Waals surface area contributed by atoms with Crippen LogP contribution in [0.4, 0.5) is 0 Å². The van der Waals surface area contributed by atoms with E-state index in [0.717, 1.165) is 5.70 Å². The molecular formula is C5H9N3. The van der Waals surface area contributed by atoms with E-state index in [1.165, 1.54) is 6.08 Å². The second kappa shape index (κ2) is 4.16. The Morgan fingerprint density at radius 1 is 1.75 bits per heavy atom. The quantitative estimate of drug-likeness (QED) is 0.393. The van der Waals surface area contributed by atoms with Crippen molar-refractivity contribution in [2.75, 3.05) is 7.05 Å². The Kier molecular flexibility index (Phi) is 3.63. The fourth-order valence-electron chi connectivity index (χ4n) is 0.330. The first-order chi connectivity index (χ1) is 3.81. The Bertz CT molecular complexity index is 120. The first kappa shape index (κ1) is 6.99. The van der Waals surface area contributed by atoms with Gasteiger partial charge >= 0.3 is 0 Å². The fraction of sp³-hybridized carbons (Fsp3) is 0.400. The molecule has 0 spiro atoms. The third-order valence-corrected chi connectivity index (χ3v) is 0.603. The van der Waals surface area contributed by atoms with Gasteiger partial charge < -0.3 is 5.43 Å². The summed E-state index contributed by atoms with van der Waals surface area (Å²) in [4.78, 5) is 0. The van der Waals surface area contributed by atoms with E-state index >= 15 is 0 Å². The number of allylic oxidation sites excluding steroid dienone is 2. The highest BCUT2D eigenvalue weighted by molar-refractivity contribution is 5.08. The smallest absolute Gasteiger partial charge is 0.0930 e. The summed E-state index contributed by atoms with van der Waals surface area (Å²) < 4.78 is 0. The minimum absolute atomic E-state index is 0.815. The van der Waals surface area contributed by atoms with Crippen LogP contribution in [0.15, 0.2) is 11.8 Å². The van der Waals surface area contributed by atoms with Gasteiger partial charge in [0.25, 0.3) is 0 Å². The molecule has 0 aromatic carbocycles. The molecule has 0 fully saturated rings. The number of rotatable bonds is 2. The first-order valence-corrected chi connectivity index (χ1v) is 2.30. The van der Waals surface area contributed by atoms with Crippen molar-refractivity contribution in [1.29, 1.82) is 5.26 Å². The van der Waals surface area contributed by atoms with E-state index in [-0.39, 0.29) is 0 Å². The van der Waals surface area contributed by atoms with Gasteiger partial charge in [0.1, 0.15) is 0 Å². The minimum atomic E-state index is 0.815. The third-order valence-electron chi connectivity index (χ3n) is 0.603. The minimum Gasteiger partial charge on any atom is -0.325 e. The van der Waals surface area contributed by atoms with E-state index in [4.69, 9.17) is 5.26 Å². The molecule has 0 bridgehead atoms. The molecule has 0 heterocycles. The van der Waals surface area contributed by atoms with Crippen molar-refractivity contribution in [3.8, 4) is 6.07 Å². The van der Waals surface area contributed by atoms with Gasteiger partial charge in [-0.3, -0.25) is 0 Å². The molecule has 0 saturated heterocycles. The molecule has 0 aromatic heterocycles. The molecule has 3 nitrogen and oxygen atoms in total. The van der Waals surface area contributed by atoms with E-state index in [0.29, 0.717) is 0 Å². The molecule has 8 heavy (non-hydrogen) atoms. The van der Waals surface area contributed by atoms with Crippen LogP contribution in [-0.2, 0) is 0 Å². The van der Waals surface area contributed by atoms with Crippen LogP contribution in [0.2, 0.25) is 0 Å². The molecule has 0 unspecified atom stereocenters. The molecule has 0 saturated carbocycles. The van der Waals surface area contributed by atoms with Crippen LogP contribution in [0.25, 0.3) is 0 Å². The van der Waals surface area contributed by atoms with Gasteiger partial charge in [-0.2, -0.15) is 5.26 Å². The molecule has 0 aliphatic heterocycles. The zero-order chi connectivity index (χ0) is 6.41. The van der Waals surface area contributed by atoms with Gasteiger partial charge in [-0.25, -0.2) is 5.43 Å². The Morgan fingerprint density at radius 3 is 2.75 bits per heavy atom. The number of hydrogen-bond acceptors (Lipinski definition) is 3. The average Bonchev–Trinajstić information content (AvgIpc) is 1.68. The van der Waals surface area contributed by atoms with E-state index < -0.39 is 0 Å². The van der Waals surface area contributed by atoms with E-state index in [1.54, 1.807) is 14.0 Å². The van der Waals surface area contributed by atoms with Crippen molar-refractivity contribution >= 4 is 0 Å².